The van der Waals surface area contributed by atoms with Crippen molar-refractivity contribution in [3.63, 3.8) is 0 Å². The summed E-state index contributed by atoms with van der Waals surface area (Å²) < 4.78 is 0. The van der Waals surface area contributed by atoms with Gasteiger partial charge in [0.05, 0.1) is 0 Å². The van der Waals surface area contributed by atoms with Crippen LogP contribution in [0.4, 0.5) is 5.69 Å². The highest BCUT2D eigenvalue weighted by molar-refractivity contribution is 5.59. The predicted molar refractivity (Wildman–Crippen MR) is 85.2 cm³/mol. The largest absolute Gasteiger partial charge is 0.385 e. The van der Waals surface area contributed by atoms with E-state index in [0.717, 1.165) is 13.1 Å². The molecule has 0 aromatic heterocycles. The number of aryl methyl sites for hydroxylation is 1. The number of para-hydroxylation sites is 1. The lowest BCUT2D eigenvalue weighted by atomic mass is 9.97. The van der Waals surface area contributed by atoms with Crippen molar-refractivity contribution in [1.29, 1.82) is 0 Å². The summed E-state index contributed by atoms with van der Waals surface area (Å²) in [5.74, 6) is 0. The number of piperidine rings is 1. The molecule has 3 heteroatoms. The van der Waals surface area contributed by atoms with Crippen molar-refractivity contribution in [3.05, 3.63) is 29.3 Å². The van der Waals surface area contributed by atoms with Crippen molar-refractivity contribution < 1.29 is 0 Å². The maximum Gasteiger partial charge on any atom is 0.0418 e. The van der Waals surface area contributed by atoms with Gasteiger partial charge in [0.1, 0.15) is 0 Å². The molecule has 2 aliphatic heterocycles. The van der Waals surface area contributed by atoms with Gasteiger partial charge in [-0.25, -0.2) is 0 Å². The van der Waals surface area contributed by atoms with Gasteiger partial charge in [-0.1, -0.05) is 18.2 Å². The molecule has 2 atom stereocenters. The second-order valence-corrected chi connectivity index (χ2v) is 6.41. The summed E-state index contributed by atoms with van der Waals surface area (Å²) >= 11 is 0. The molecule has 2 N–H and O–H groups in total. The Morgan fingerprint density at radius 3 is 3.15 bits per heavy atom. The van der Waals surface area contributed by atoms with E-state index in [1.807, 2.05) is 0 Å². The van der Waals surface area contributed by atoms with Crippen LogP contribution in [0.15, 0.2) is 18.2 Å². The Morgan fingerprint density at radius 1 is 1.40 bits per heavy atom. The van der Waals surface area contributed by atoms with E-state index in [0.29, 0.717) is 12.1 Å². The minimum atomic E-state index is 0.667. The van der Waals surface area contributed by atoms with Crippen molar-refractivity contribution in [2.45, 2.75) is 51.2 Å². The summed E-state index contributed by atoms with van der Waals surface area (Å²) in [7, 11) is 2.23. The van der Waals surface area contributed by atoms with Gasteiger partial charge in [-0.3, -0.25) is 0 Å². The van der Waals surface area contributed by atoms with Gasteiger partial charge in [0.15, 0.2) is 0 Å². The fourth-order valence-electron chi connectivity index (χ4n) is 3.46. The quantitative estimate of drug-likeness (QED) is 0.886. The third-order valence-electron chi connectivity index (χ3n) is 4.95. The highest BCUT2D eigenvalue weighted by Crippen LogP contribution is 2.26. The molecule has 0 amide bonds. The zero-order valence-corrected chi connectivity index (χ0v) is 12.8. The first kappa shape index (κ1) is 13.9. The van der Waals surface area contributed by atoms with E-state index in [1.54, 1.807) is 0 Å². The smallest absolute Gasteiger partial charge is 0.0418 e. The van der Waals surface area contributed by atoms with Gasteiger partial charge < -0.3 is 15.5 Å². The van der Waals surface area contributed by atoms with Crippen LogP contribution in [-0.2, 0) is 13.0 Å². The van der Waals surface area contributed by atoms with Gasteiger partial charge >= 0.3 is 0 Å². The van der Waals surface area contributed by atoms with Crippen LogP contribution in [0.1, 0.15) is 37.3 Å². The van der Waals surface area contributed by atoms with Crippen LogP contribution in [0.2, 0.25) is 0 Å². The number of anilines is 1. The van der Waals surface area contributed by atoms with Gasteiger partial charge in [0.2, 0.25) is 0 Å². The summed E-state index contributed by atoms with van der Waals surface area (Å²) in [4.78, 5) is 2.46. The van der Waals surface area contributed by atoms with Crippen LogP contribution in [0.25, 0.3) is 0 Å². The number of nitrogens with one attached hydrogen (secondary N) is 2. The number of fused-ring (bicyclic) bond motifs is 1. The molecular formula is C17H27N3. The van der Waals surface area contributed by atoms with Gasteiger partial charge in [0, 0.05) is 30.9 Å². The lowest BCUT2D eigenvalue weighted by molar-refractivity contribution is 0.168. The topological polar surface area (TPSA) is 27.3 Å². The van der Waals surface area contributed by atoms with Gasteiger partial charge in [0.25, 0.3) is 0 Å². The van der Waals surface area contributed by atoms with E-state index in [9.17, 15) is 0 Å². The normalized spacial score (nSPS) is 26.9. The summed E-state index contributed by atoms with van der Waals surface area (Å²) in [5, 5.41) is 7.36. The van der Waals surface area contributed by atoms with Crippen molar-refractivity contribution in [1.82, 2.24) is 10.2 Å². The fraction of sp³-hybridized carbons (Fsp3) is 0.647. The van der Waals surface area contributed by atoms with E-state index in [4.69, 9.17) is 0 Å². The zero-order valence-electron chi connectivity index (χ0n) is 12.8. The number of hydrogen-bond acceptors (Lipinski definition) is 3. The monoisotopic (exact) mass is 273 g/mol. The van der Waals surface area contributed by atoms with Crippen molar-refractivity contribution >= 4 is 5.69 Å². The number of likely N-dealkylation sites (tertiary alicyclic amines) is 1. The number of benzene rings is 1. The molecule has 3 rings (SSSR count). The Labute approximate surface area is 122 Å². The summed E-state index contributed by atoms with van der Waals surface area (Å²) in [6.45, 7) is 5.66. The van der Waals surface area contributed by atoms with E-state index >= 15 is 0 Å². The van der Waals surface area contributed by atoms with Gasteiger partial charge in [-0.15, -0.1) is 0 Å². The predicted octanol–water partition coefficient (Wildman–Crippen LogP) is 2.62. The zero-order chi connectivity index (χ0) is 13.9. The molecule has 1 aromatic rings. The third kappa shape index (κ3) is 2.99. The maximum atomic E-state index is 3.77. The molecule has 2 unspecified atom stereocenters. The van der Waals surface area contributed by atoms with Crippen LogP contribution in [-0.4, -0.2) is 37.1 Å². The molecule has 0 spiro atoms. The van der Waals surface area contributed by atoms with E-state index in [2.05, 4.69) is 47.7 Å². The summed E-state index contributed by atoms with van der Waals surface area (Å²) in [5.41, 5.74) is 4.33. The number of hydrogen-bond donors (Lipinski definition) is 2. The highest BCUT2D eigenvalue weighted by Gasteiger charge is 2.22. The Bertz CT molecular complexity index is 458. The average Bonchev–Trinajstić information content (AvgIpc) is 2.48. The highest BCUT2D eigenvalue weighted by atomic mass is 15.1. The molecule has 0 aliphatic carbocycles. The molecule has 0 radical (unpaired) electrons. The minimum Gasteiger partial charge on any atom is -0.385 e. The lowest BCUT2D eigenvalue weighted by Gasteiger charge is -2.35. The first-order chi connectivity index (χ1) is 9.74. The molecule has 2 heterocycles. The van der Waals surface area contributed by atoms with Crippen LogP contribution in [0, 0.1) is 0 Å². The Hall–Kier alpha value is -1.06. The fourth-order valence-corrected chi connectivity index (χ4v) is 3.46. The standard InChI is InChI=1S/C17H27N3/c1-13-11-16(8-10-20(13)2)19-12-15-6-3-5-14-7-4-9-18-17(14)15/h3,5-6,13,16,18-19H,4,7-12H2,1-2H3. The number of nitrogens with zero attached hydrogens (tertiary/aromatic N) is 1. The van der Waals surface area contributed by atoms with E-state index in [-0.39, 0.29) is 0 Å². The van der Waals surface area contributed by atoms with Crippen molar-refractivity contribution in [2.24, 2.45) is 0 Å². The van der Waals surface area contributed by atoms with Crippen molar-refractivity contribution in [3.8, 4) is 0 Å². The molecule has 2 aliphatic rings. The maximum absolute atomic E-state index is 3.77. The Balaban J connectivity index is 1.61. The SMILES string of the molecule is CC1CC(NCc2cccc3c2NCCC3)CCN1C. The van der Waals surface area contributed by atoms with Crippen LogP contribution in [0.5, 0.6) is 0 Å². The van der Waals surface area contributed by atoms with Crippen LogP contribution >= 0.6 is 0 Å². The molecule has 3 nitrogen and oxygen atoms in total. The second-order valence-electron chi connectivity index (χ2n) is 6.41. The Kier molecular flexibility index (Phi) is 4.27. The first-order valence-corrected chi connectivity index (χ1v) is 8.02. The molecule has 1 saturated heterocycles. The molecule has 20 heavy (non-hydrogen) atoms. The van der Waals surface area contributed by atoms with E-state index in [1.165, 1.54) is 49.0 Å². The molecule has 0 saturated carbocycles. The molecule has 1 aromatic carbocycles. The van der Waals surface area contributed by atoms with Crippen molar-refractivity contribution in [2.75, 3.05) is 25.5 Å². The molecule has 1 fully saturated rings. The molecular weight excluding hydrogens is 246 g/mol. The van der Waals surface area contributed by atoms with Crippen LogP contribution in [0.3, 0.4) is 0 Å². The molecule has 110 valence electrons. The number of rotatable bonds is 3. The molecule has 0 bridgehead atoms. The Morgan fingerprint density at radius 2 is 2.30 bits per heavy atom. The van der Waals surface area contributed by atoms with Gasteiger partial charge in [-0.05, 0) is 57.3 Å². The van der Waals surface area contributed by atoms with Gasteiger partial charge in [-0.2, -0.15) is 0 Å². The summed E-state index contributed by atoms with van der Waals surface area (Å²) in [6, 6.07) is 8.11. The second kappa shape index (κ2) is 6.15. The van der Waals surface area contributed by atoms with Crippen LogP contribution < -0.4 is 10.6 Å². The summed E-state index contributed by atoms with van der Waals surface area (Å²) in [6.07, 6.45) is 5.01. The average molecular weight is 273 g/mol. The third-order valence-corrected chi connectivity index (χ3v) is 4.95. The minimum absolute atomic E-state index is 0.667. The first-order valence-electron chi connectivity index (χ1n) is 8.02. The lowest BCUT2D eigenvalue weighted by Crippen LogP contribution is -2.45. The van der Waals surface area contributed by atoms with E-state index < -0.39 is 0 Å².